The topological polar surface area (TPSA) is 104 Å². The van der Waals surface area contributed by atoms with Crippen LogP contribution in [-0.4, -0.2) is 37.0 Å². The molecule has 0 spiro atoms. The quantitative estimate of drug-likeness (QED) is 0.747. The predicted molar refractivity (Wildman–Crippen MR) is 72.8 cm³/mol. The van der Waals surface area contributed by atoms with E-state index in [1.165, 1.54) is 0 Å². The van der Waals surface area contributed by atoms with Crippen molar-refractivity contribution in [2.45, 2.75) is 26.4 Å². The maximum atomic E-state index is 12.1. The molecule has 0 fully saturated rings. The average molecular weight is 277 g/mol. The van der Waals surface area contributed by atoms with E-state index in [9.17, 15) is 4.79 Å². The normalized spacial score (nSPS) is 10.8. The van der Waals surface area contributed by atoms with Crippen LogP contribution in [0.2, 0.25) is 0 Å². The molecule has 20 heavy (non-hydrogen) atoms. The van der Waals surface area contributed by atoms with Crippen molar-refractivity contribution in [1.82, 2.24) is 29.9 Å². The van der Waals surface area contributed by atoms with Gasteiger partial charge in [-0.05, 0) is 19.9 Å². The van der Waals surface area contributed by atoms with Crippen molar-refractivity contribution in [3.63, 3.8) is 0 Å². The third-order valence-corrected chi connectivity index (χ3v) is 2.98. The van der Waals surface area contributed by atoms with Crippen molar-refractivity contribution < 1.29 is 4.79 Å². The molecule has 8 heteroatoms. The van der Waals surface area contributed by atoms with Crippen LogP contribution in [0.1, 0.15) is 28.3 Å². The zero-order valence-corrected chi connectivity index (χ0v) is 11.7. The molecular weight excluding hydrogens is 258 g/mol. The van der Waals surface area contributed by atoms with E-state index in [2.05, 4.69) is 20.5 Å². The lowest BCUT2D eigenvalue weighted by atomic mass is 10.2. The van der Waals surface area contributed by atoms with Gasteiger partial charge in [0.25, 0.3) is 5.91 Å². The van der Waals surface area contributed by atoms with Crippen LogP contribution < -0.4 is 11.1 Å². The molecule has 2 aromatic heterocycles. The minimum atomic E-state index is -0.172. The average Bonchev–Trinajstić information content (AvgIpc) is 3.00. The van der Waals surface area contributed by atoms with Crippen molar-refractivity contribution in [2.75, 3.05) is 6.54 Å². The zero-order chi connectivity index (χ0) is 14.5. The fourth-order valence-electron chi connectivity index (χ4n) is 1.86. The Balaban J connectivity index is 1.97. The highest BCUT2D eigenvalue weighted by molar-refractivity contribution is 5.94. The van der Waals surface area contributed by atoms with Gasteiger partial charge in [-0.2, -0.15) is 10.2 Å². The summed E-state index contributed by atoms with van der Waals surface area (Å²) >= 11 is 0. The first kappa shape index (κ1) is 14.2. The van der Waals surface area contributed by atoms with Gasteiger partial charge < -0.3 is 11.1 Å². The molecule has 3 N–H and O–H groups in total. The van der Waals surface area contributed by atoms with E-state index >= 15 is 0 Å². The van der Waals surface area contributed by atoms with Crippen LogP contribution in [0.3, 0.4) is 0 Å². The Morgan fingerprint density at radius 3 is 2.95 bits per heavy atom. The summed E-state index contributed by atoms with van der Waals surface area (Å²) in [4.78, 5) is 16.1. The molecule has 0 aliphatic heterocycles. The highest BCUT2D eigenvalue weighted by atomic mass is 16.1. The molecule has 0 aliphatic rings. The second-order valence-electron chi connectivity index (χ2n) is 4.53. The lowest BCUT2D eigenvalue weighted by molar-refractivity contribution is 0.0949. The largest absolute Gasteiger partial charge is 0.345 e. The van der Waals surface area contributed by atoms with Gasteiger partial charge in [-0.25, -0.2) is 4.98 Å². The smallest absolute Gasteiger partial charge is 0.255 e. The molecule has 2 rings (SSSR count). The fraction of sp³-hybridized carbons (Fsp3) is 0.500. The Morgan fingerprint density at radius 1 is 1.50 bits per heavy atom. The summed E-state index contributed by atoms with van der Waals surface area (Å²) in [6, 6.07) is 0. The van der Waals surface area contributed by atoms with Gasteiger partial charge in [0.2, 0.25) is 0 Å². The van der Waals surface area contributed by atoms with Gasteiger partial charge in [0.1, 0.15) is 6.33 Å². The van der Waals surface area contributed by atoms with E-state index in [1.54, 1.807) is 28.9 Å². The Bertz CT molecular complexity index is 586. The molecule has 0 radical (unpaired) electrons. The lowest BCUT2D eigenvalue weighted by Crippen LogP contribution is -2.24. The molecule has 2 aromatic rings. The minimum absolute atomic E-state index is 0.172. The highest BCUT2D eigenvalue weighted by Crippen LogP contribution is 2.07. The minimum Gasteiger partial charge on any atom is -0.345 e. The van der Waals surface area contributed by atoms with E-state index in [4.69, 9.17) is 5.73 Å². The lowest BCUT2D eigenvalue weighted by Gasteiger charge is -2.05. The van der Waals surface area contributed by atoms with Crippen LogP contribution in [-0.2, 0) is 20.1 Å². The van der Waals surface area contributed by atoms with E-state index in [1.807, 2.05) is 6.92 Å². The Hall–Kier alpha value is -2.22. The van der Waals surface area contributed by atoms with Crippen LogP contribution in [0, 0.1) is 6.92 Å². The molecule has 2 heterocycles. The number of hydrogen-bond acceptors (Lipinski definition) is 5. The third kappa shape index (κ3) is 3.21. The standard InChI is InChI=1S/C12H19N7O/c1-9-10(6-16-19(9)5-3-4-13)12(20)14-7-11-15-8-18(2)17-11/h6,8H,3-5,7,13H2,1-2H3,(H,14,20). The summed E-state index contributed by atoms with van der Waals surface area (Å²) in [5.74, 6) is 0.406. The van der Waals surface area contributed by atoms with Gasteiger partial charge in [0.05, 0.1) is 18.3 Å². The van der Waals surface area contributed by atoms with E-state index in [0.29, 0.717) is 24.5 Å². The monoisotopic (exact) mass is 277 g/mol. The summed E-state index contributed by atoms with van der Waals surface area (Å²) < 4.78 is 3.39. The number of nitrogens with one attached hydrogen (secondary N) is 1. The first-order chi connectivity index (χ1) is 9.61. The van der Waals surface area contributed by atoms with Crippen molar-refractivity contribution in [1.29, 1.82) is 0 Å². The van der Waals surface area contributed by atoms with Gasteiger partial charge in [-0.15, -0.1) is 0 Å². The predicted octanol–water partition coefficient (Wildman–Crippen LogP) is -0.401. The van der Waals surface area contributed by atoms with Crippen LogP contribution in [0.5, 0.6) is 0 Å². The number of nitrogens with zero attached hydrogens (tertiary/aromatic N) is 5. The number of rotatable bonds is 6. The second kappa shape index (κ2) is 6.29. The first-order valence-corrected chi connectivity index (χ1v) is 6.47. The van der Waals surface area contributed by atoms with Crippen molar-refractivity contribution in [2.24, 2.45) is 12.8 Å². The van der Waals surface area contributed by atoms with Gasteiger partial charge >= 0.3 is 0 Å². The van der Waals surface area contributed by atoms with Gasteiger partial charge in [-0.3, -0.25) is 14.2 Å². The number of nitrogens with two attached hydrogens (primary N) is 1. The summed E-state index contributed by atoms with van der Waals surface area (Å²) in [5, 5.41) is 11.1. The number of aromatic nitrogens is 5. The zero-order valence-electron chi connectivity index (χ0n) is 11.7. The van der Waals surface area contributed by atoms with Gasteiger partial charge in [0, 0.05) is 19.3 Å². The van der Waals surface area contributed by atoms with Crippen molar-refractivity contribution in [3.05, 3.63) is 29.6 Å². The number of carbonyl (C=O) groups is 1. The molecule has 0 bridgehead atoms. The molecule has 108 valence electrons. The molecule has 1 amide bonds. The molecule has 0 aliphatic carbocycles. The van der Waals surface area contributed by atoms with Gasteiger partial charge in [-0.1, -0.05) is 0 Å². The number of amides is 1. The maximum absolute atomic E-state index is 12.1. The van der Waals surface area contributed by atoms with E-state index in [-0.39, 0.29) is 5.91 Å². The van der Waals surface area contributed by atoms with Crippen LogP contribution in [0.4, 0.5) is 0 Å². The van der Waals surface area contributed by atoms with E-state index in [0.717, 1.165) is 18.7 Å². The van der Waals surface area contributed by atoms with Crippen LogP contribution in [0.25, 0.3) is 0 Å². The number of aryl methyl sites for hydroxylation is 2. The molecule has 0 saturated carbocycles. The molecule has 0 unspecified atom stereocenters. The van der Waals surface area contributed by atoms with Crippen molar-refractivity contribution in [3.8, 4) is 0 Å². The molecule has 0 atom stereocenters. The second-order valence-corrected chi connectivity index (χ2v) is 4.53. The van der Waals surface area contributed by atoms with Crippen molar-refractivity contribution >= 4 is 5.91 Å². The van der Waals surface area contributed by atoms with Crippen LogP contribution >= 0.6 is 0 Å². The summed E-state index contributed by atoms with van der Waals surface area (Å²) in [7, 11) is 1.78. The fourth-order valence-corrected chi connectivity index (χ4v) is 1.86. The molecule has 0 saturated heterocycles. The Kier molecular flexibility index (Phi) is 4.46. The summed E-state index contributed by atoms with van der Waals surface area (Å²) in [6.07, 6.45) is 4.01. The van der Waals surface area contributed by atoms with E-state index < -0.39 is 0 Å². The Labute approximate surface area is 117 Å². The highest BCUT2D eigenvalue weighted by Gasteiger charge is 2.14. The summed E-state index contributed by atoms with van der Waals surface area (Å²) in [5.41, 5.74) is 6.88. The Morgan fingerprint density at radius 2 is 2.30 bits per heavy atom. The van der Waals surface area contributed by atoms with Gasteiger partial charge in [0.15, 0.2) is 5.82 Å². The number of hydrogen-bond donors (Lipinski definition) is 2. The SMILES string of the molecule is Cc1c(C(=O)NCc2ncn(C)n2)cnn1CCCN. The third-order valence-electron chi connectivity index (χ3n) is 2.98. The molecule has 0 aromatic carbocycles. The summed E-state index contributed by atoms with van der Waals surface area (Å²) in [6.45, 7) is 3.49. The first-order valence-electron chi connectivity index (χ1n) is 6.47. The molecule has 8 nitrogen and oxygen atoms in total. The maximum Gasteiger partial charge on any atom is 0.255 e. The molecular formula is C12H19N7O. The number of carbonyl (C=O) groups excluding carboxylic acids is 1. The van der Waals surface area contributed by atoms with Crippen LogP contribution in [0.15, 0.2) is 12.5 Å².